The number of fused-ring (bicyclic) bond motifs is 1. The molecule has 1 heterocycles. The highest BCUT2D eigenvalue weighted by Gasteiger charge is 2.02. The zero-order chi connectivity index (χ0) is 11.7. The normalized spacial score (nSPS) is 10.6. The Balaban J connectivity index is 2.27. The SMILES string of the molecule is C=Cc1ccc2ccn(-c3ccccc3)c2c1. The fourth-order valence-corrected chi connectivity index (χ4v) is 2.09. The van der Waals surface area contributed by atoms with Crippen molar-refractivity contribution in [3.63, 3.8) is 0 Å². The van der Waals surface area contributed by atoms with E-state index < -0.39 is 0 Å². The van der Waals surface area contributed by atoms with E-state index in [9.17, 15) is 0 Å². The summed E-state index contributed by atoms with van der Waals surface area (Å²) < 4.78 is 2.20. The Labute approximate surface area is 101 Å². The van der Waals surface area contributed by atoms with Crippen LogP contribution in [0.2, 0.25) is 0 Å². The molecule has 0 saturated carbocycles. The standard InChI is InChI=1S/C16H13N/c1-2-13-8-9-14-10-11-17(16(14)12-13)15-6-4-3-5-7-15/h2-12H,1H2. The maximum atomic E-state index is 3.82. The minimum absolute atomic E-state index is 1.15. The maximum absolute atomic E-state index is 3.82. The van der Waals surface area contributed by atoms with Gasteiger partial charge in [-0.25, -0.2) is 0 Å². The third kappa shape index (κ3) is 1.66. The van der Waals surface area contributed by atoms with Gasteiger partial charge in [0.05, 0.1) is 5.52 Å². The van der Waals surface area contributed by atoms with Gasteiger partial charge < -0.3 is 4.57 Å². The topological polar surface area (TPSA) is 4.93 Å². The highest BCUT2D eigenvalue weighted by molar-refractivity contribution is 5.84. The highest BCUT2D eigenvalue weighted by Crippen LogP contribution is 2.21. The van der Waals surface area contributed by atoms with Crippen molar-refractivity contribution in [2.75, 3.05) is 0 Å². The van der Waals surface area contributed by atoms with Crippen molar-refractivity contribution in [2.45, 2.75) is 0 Å². The molecule has 0 aliphatic rings. The molecular weight excluding hydrogens is 206 g/mol. The van der Waals surface area contributed by atoms with Gasteiger partial charge in [0.25, 0.3) is 0 Å². The number of nitrogens with zero attached hydrogens (tertiary/aromatic N) is 1. The second kappa shape index (κ2) is 3.95. The van der Waals surface area contributed by atoms with E-state index in [2.05, 4.69) is 65.9 Å². The predicted molar refractivity (Wildman–Crippen MR) is 73.4 cm³/mol. The first-order valence-electron chi connectivity index (χ1n) is 5.67. The number of hydrogen-bond donors (Lipinski definition) is 0. The number of para-hydroxylation sites is 1. The van der Waals surface area contributed by atoms with Crippen LogP contribution in [0.4, 0.5) is 0 Å². The Bertz CT molecular complexity index is 662. The van der Waals surface area contributed by atoms with Crippen molar-refractivity contribution in [3.05, 3.63) is 72.9 Å². The molecule has 3 rings (SSSR count). The van der Waals surface area contributed by atoms with E-state index in [1.54, 1.807) is 0 Å². The Kier molecular flexibility index (Phi) is 2.30. The molecule has 0 N–H and O–H groups in total. The van der Waals surface area contributed by atoms with Gasteiger partial charge in [-0.1, -0.05) is 43.0 Å². The van der Waals surface area contributed by atoms with Crippen molar-refractivity contribution >= 4 is 17.0 Å². The fourth-order valence-electron chi connectivity index (χ4n) is 2.09. The summed E-state index contributed by atoms with van der Waals surface area (Å²) in [4.78, 5) is 0. The molecule has 1 aromatic heterocycles. The summed E-state index contributed by atoms with van der Waals surface area (Å²) in [5, 5.41) is 1.25. The molecule has 0 bridgehead atoms. The molecule has 82 valence electrons. The van der Waals surface area contributed by atoms with Crippen LogP contribution in [0.25, 0.3) is 22.7 Å². The van der Waals surface area contributed by atoms with E-state index in [1.807, 2.05) is 12.1 Å². The molecule has 1 heteroatoms. The second-order valence-electron chi connectivity index (χ2n) is 4.04. The van der Waals surface area contributed by atoms with Crippen molar-refractivity contribution in [3.8, 4) is 5.69 Å². The van der Waals surface area contributed by atoms with Crippen LogP contribution in [0, 0.1) is 0 Å². The smallest absolute Gasteiger partial charge is 0.0534 e. The lowest BCUT2D eigenvalue weighted by Gasteiger charge is -2.05. The van der Waals surface area contributed by atoms with Crippen LogP contribution in [0.1, 0.15) is 5.56 Å². The van der Waals surface area contributed by atoms with E-state index in [-0.39, 0.29) is 0 Å². The lowest BCUT2D eigenvalue weighted by Crippen LogP contribution is -1.90. The number of benzene rings is 2. The summed E-state index contributed by atoms with van der Waals surface area (Å²) in [6.45, 7) is 3.82. The molecule has 0 atom stereocenters. The average Bonchev–Trinajstić information content (AvgIpc) is 2.82. The van der Waals surface area contributed by atoms with Crippen LogP contribution >= 0.6 is 0 Å². The zero-order valence-electron chi connectivity index (χ0n) is 9.51. The minimum Gasteiger partial charge on any atom is -0.317 e. The summed E-state index contributed by atoms with van der Waals surface area (Å²) in [6, 6.07) is 18.9. The van der Waals surface area contributed by atoms with Crippen molar-refractivity contribution < 1.29 is 0 Å². The van der Waals surface area contributed by atoms with Crippen LogP contribution < -0.4 is 0 Å². The molecule has 0 aliphatic carbocycles. The average molecular weight is 219 g/mol. The zero-order valence-corrected chi connectivity index (χ0v) is 9.51. The van der Waals surface area contributed by atoms with E-state index in [0.717, 1.165) is 5.56 Å². The minimum atomic E-state index is 1.15. The first-order chi connectivity index (χ1) is 8.38. The van der Waals surface area contributed by atoms with Crippen LogP contribution in [-0.2, 0) is 0 Å². The van der Waals surface area contributed by atoms with Crippen LogP contribution in [0.15, 0.2) is 67.4 Å². The summed E-state index contributed by atoms with van der Waals surface area (Å²) in [5.74, 6) is 0. The highest BCUT2D eigenvalue weighted by atomic mass is 15.0. The van der Waals surface area contributed by atoms with Gasteiger partial charge in [-0.2, -0.15) is 0 Å². The van der Waals surface area contributed by atoms with Gasteiger partial charge in [-0.05, 0) is 35.2 Å². The quantitative estimate of drug-likeness (QED) is 0.606. The van der Waals surface area contributed by atoms with Crippen LogP contribution in [0.5, 0.6) is 0 Å². The van der Waals surface area contributed by atoms with Gasteiger partial charge in [0.2, 0.25) is 0 Å². The van der Waals surface area contributed by atoms with Crippen LogP contribution in [-0.4, -0.2) is 4.57 Å². The van der Waals surface area contributed by atoms with Crippen molar-refractivity contribution in [1.82, 2.24) is 4.57 Å². The summed E-state index contributed by atoms with van der Waals surface area (Å²) in [6.07, 6.45) is 3.98. The van der Waals surface area contributed by atoms with E-state index in [4.69, 9.17) is 0 Å². The number of rotatable bonds is 2. The van der Waals surface area contributed by atoms with Crippen molar-refractivity contribution in [1.29, 1.82) is 0 Å². The second-order valence-corrected chi connectivity index (χ2v) is 4.04. The maximum Gasteiger partial charge on any atom is 0.0534 e. The molecule has 0 unspecified atom stereocenters. The lowest BCUT2D eigenvalue weighted by molar-refractivity contribution is 1.13. The largest absolute Gasteiger partial charge is 0.317 e. The molecule has 3 aromatic rings. The molecule has 2 aromatic carbocycles. The summed E-state index contributed by atoms with van der Waals surface area (Å²) in [5.41, 5.74) is 3.55. The van der Waals surface area contributed by atoms with Gasteiger partial charge in [-0.3, -0.25) is 0 Å². The third-order valence-electron chi connectivity index (χ3n) is 2.99. The van der Waals surface area contributed by atoms with Crippen LogP contribution in [0.3, 0.4) is 0 Å². The van der Waals surface area contributed by atoms with E-state index in [0.29, 0.717) is 0 Å². The number of hydrogen-bond acceptors (Lipinski definition) is 0. The first-order valence-corrected chi connectivity index (χ1v) is 5.67. The van der Waals surface area contributed by atoms with Crippen molar-refractivity contribution in [2.24, 2.45) is 0 Å². The third-order valence-corrected chi connectivity index (χ3v) is 2.99. The van der Waals surface area contributed by atoms with Gasteiger partial charge >= 0.3 is 0 Å². The Morgan fingerprint density at radius 1 is 0.941 bits per heavy atom. The van der Waals surface area contributed by atoms with Gasteiger partial charge in [0, 0.05) is 11.9 Å². The molecule has 0 saturated heterocycles. The van der Waals surface area contributed by atoms with Gasteiger partial charge in [-0.15, -0.1) is 0 Å². The summed E-state index contributed by atoms with van der Waals surface area (Å²) >= 11 is 0. The molecule has 17 heavy (non-hydrogen) atoms. The van der Waals surface area contributed by atoms with E-state index in [1.165, 1.54) is 16.6 Å². The van der Waals surface area contributed by atoms with Gasteiger partial charge in [0.15, 0.2) is 0 Å². The molecule has 0 radical (unpaired) electrons. The molecule has 1 nitrogen and oxygen atoms in total. The number of aromatic nitrogens is 1. The predicted octanol–water partition coefficient (Wildman–Crippen LogP) is 4.27. The van der Waals surface area contributed by atoms with Gasteiger partial charge in [0.1, 0.15) is 0 Å². The lowest BCUT2D eigenvalue weighted by atomic mass is 10.1. The molecular formula is C16H13N. The Morgan fingerprint density at radius 3 is 2.53 bits per heavy atom. The first kappa shape index (κ1) is 9.91. The molecule has 0 aliphatic heterocycles. The Morgan fingerprint density at radius 2 is 1.76 bits per heavy atom. The molecule has 0 amide bonds. The summed E-state index contributed by atoms with van der Waals surface area (Å²) in [7, 11) is 0. The Hall–Kier alpha value is -2.28. The van der Waals surface area contributed by atoms with E-state index >= 15 is 0 Å². The molecule has 0 spiro atoms. The molecule has 0 fully saturated rings. The monoisotopic (exact) mass is 219 g/mol. The fraction of sp³-hybridized carbons (Fsp3) is 0.